The van der Waals surface area contributed by atoms with Gasteiger partial charge in [-0.3, -0.25) is 9.59 Å². The number of nitrogens with zero attached hydrogens (tertiary/aromatic N) is 2. The molecule has 0 aliphatic carbocycles. The van der Waals surface area contributed by atoms with E-state index in [1.807, 2.05) is 17.0 Å². The van der Waals surface area contributed by atoms with Gasteiger partial charge in [-0.25, -0.2) is 8.42 Å². The number of carbonyl (C=O) groups is 2. The summed E-state index contributed by atoms with van der Waals surface area (Å²) in [6.07, 6.45) is 3.62. The summed E-state index contributed by atoms with van der Waals surface area (Å²) in [5, 5.41) is 3.20. The first-order valence-electron chi connectivity index (χ1n) is 12.4. The number of halogens is 1. The number of ether oxygens (including phenoxy) is 1. The Morgan fingerprint density at radius 3 is 2.47 bits per heavy atom. The van der Waals surface area contributed by atoms with E-state index >= 15 is 0 Å². The molecule has 0 unspecified atom stereocenters. The van der Waals surface area contributed by atoms with Crippen molar-refractivity contribution in [1.29, 1.82) is 0 Å². The number of hydrogen-bond donors (Lipinski definition) is 1. The Bertz CT molecular complexity index is 1200. The van der Waals surface area contributed by atoms with E-state index in [4.69, 9.17) is 16.3 Å². The van der Waals surface area contributed by atoms with Crippen molar-refractivity contribution >= 4 is 39.1 Å². The molecule has 1 atom stereocenters. The third-order valence-corrected chi connectivity index (χ3v) is 8.74. The van der Waals surface area contributed by atoms with E-state index in [1.54, 1.807) is 31.2 Å². The second-order valence-corrected chi connectivity index (χ2v) is 11.5. The molecule has 1 N–H and O–H groups in total. The molecule has 2 aliphatic rings. The van der Waals surface area contributed by atoms with Gasteiger partial charge < -0.3 is 15.0 Å². The minimum Gasteiger partial charge on any atom is -0.492 e. The van der Waals surface area contributed by atoms with E-state index in [1.165, 1.54) is 10.4 Å². The van der Waals surface area contributed by atoms with Crippen molar-refractivity contribution in [3.8, 4) is 5.75 Å². The van der Waals surface area contributed by atoms with E-state index in [0.29, 0.717) is 43.1 Å². The van der Waals surface area contributed by atoms with Crippen LogP contribution in [0.25, 0.3) is 0 Å². The molecule has 0 radical (unpaired) electrons. The van der Waals surface area contributed by atoms with Crippen LogP contribution < -0.4 is 10.1 Å². The van der Waals surface area contributed by atoms with Crippen LogP contribution in [-0.2, 0) is 26.0 Å². The predicted molar refractivity (Wildman–Crippen MR) is 139 cm³/mol. The number of hydrogen-bond acceptors (Lipinski definition) is 5. The quantitative estimate of drug-likeness (QED) is 0.554. The lowest BCUT2D eigenvalue weighted by atomic mass is 9.98. The average molecular weight is 534 g/mol. The van der Waals surface area contributed by atoms with Crippen LogP contribution in [0, 0.1) is 5.92 Å². The monoisotopic (exact) mass is 533 g/mol. The van der Waals surface area contributed by atoms with Crippen LogP contribution in [0.4, 0.5) is 5.69 Å². The van der Waals surface area contributed by atoms with Crippen LogP contribution in [0.3, 0.4) is 0 Å². The number of piperidine rings is 1. The van der Waals surface area contributed by atoms with E-state index in [2.05, 4.69) is 5.32 Å². The maximum Gasteiger partial charge on any atom is 0.246 e. The summed E-state index contributed by atoms with van der Waals surface area (Å²) in [4.78, 5) is 27.3. The van der Waals surface area contributed by atoms with E-state index in [0.717, 1.165) is 31.5 Å². The molecule has 2 aliphatic heterocycles. The standard InChI is InChI=1S/C26H32ClN3O5S/c1-2-35-23-12-9-21(27)17-24(23)36(33,34)30-15-5-6-20(18-30)26(32)28-22-10-7-19(8-11-22)16-25(31)29-13-3-4-14-29/h7-12,17,20H,2-6,13-16,18H2,1H3,(H,28,32)/t20-/m0/s1. The number of nitrogens with one attached hydrogen (secondary N) is 1. The first kappa shape index (κ1) is 26.4. The van der Waals surface area contributed by atoms with Crippen LogP contribution in [0.5, 0.6) is 5.75 Å². The van der Waals surface area contributed by atoms with E-state index in [-0.39, 0.29) is 29.0 Å². The van der Waals surface area contributed by atoms with Crippen LogP contribution in [0.1, 0.15) is 38.2 Å². The lowest BCUT2D eigenvalue weighted by Crippen LogP contribution is -2.43. The van der Waals surface area contributed by atoms with Gasteiger partial charge in [0.05, 0.1) is 18.9 Å². The Morgan fingerprint density at radius 2 is 1.78 bits per heavy atom. The number of sulfonamides is 1. The fraction of sp³-hybridized carbons (Fsp3) is 0.462. The lowest BCUT2D eigenvalue weighted by Gasteiger charge is -2.31. The topological polar surface area (TPSA) is 96.0 Å². The Morgan fingerprint density at radius 1 is 1.06 bits per heavy atom. The molecular formula is C26H32ClN3O5S. The molecule has 2 fully saturated rings. The number of benzene rings is 2. The van der Waals surface area contributed by atoms with Crippen molar-refractivity contribution in [3.05, 3.63) is 53.1 Å². The molecule has 10 heteroatoms. The van der Waals surface area contributed by atoms with Crippen LogP contribution in [0.15, 0.2) is 47.4 Å². The maximum atomic E-state index is 13.4. The zero-order valence-electron chi connectivity index (χ0n) is 20.4. The van der Waals surface area contributed by atoms with Gasteiger partial charge in [0.15, 0.2) is 0 Å². The van der Waals surface area contributed by atoms with Gasteiger partial charge in [-0.1, -0.05) is 23.7 Å². The third kappa shape index (κ3) is 6.19. The summed E-state index contributed by atoms with van der Waals surface area (Å²) >= 11 is 6.08. The molecule has 2 aromatic rings. The normalized spacial score (nSPS) is 18.7. The van der Waals surface area contributed by atoms with Crippen molar-refractivity contribution in [2.75, 3.05) is 38.1 Å². The van der Waals surface area contributed by atoms with Gasteiger partial charge >= 0.3 is 0 Å². The summed E-state index contributed by atoms with van der Waals surface area (Å²) in [6.45, 7) is 4.15. The van der Waals surface area contributed by atoms with Crippen LogP contribution in [0.2, 0.25) is 5.02 Å². The Kier molecular flexibility index (Phi) is 8.54. The van der Waals surface area contributed by atoms with Crippen LogP contribution >= 0.6 is 11.6 Å². The molecule has 2 aromatic carbocycles. The Balaban J connectivity index is 1.39. The van der Waals surface area contributed by atoms with Crippen molar-refractivity contribution in [2.45, 2.75) is 43.9 Å². The highest BCUT2D eigenvalue weighted by molar-refractivity contribution is 7.89. The molecule has 4 rings (SSSR count). The van der Waals surface area contributed by atoms with Gasteiger partial charge in [0, 0.05) is 36.9 Å². The second-order valence-electron chi connectivity index (χ2n) is 9.18. The first-order valence-corrected chi connectivity index (χ1v) is 14.2. The molecule has 0 aromatic heterocycles. The average Bonchev–Trinajstić information content (AvgIpc) is 3.42. The SMILES string of the molecule is CCOc1ccc(Cl)cc1S(=O)(=O)N1CCC[C@H](C(=O)Nc2ccc(CC(=O)N3CCCC3)cc2)C1. The third-order valence-electron chi connectivity index (χ3n) is 6.61. The second kappa shape index (κ2) is 11.6. The highest BCUT2D eigenvalue weighted by atomic mass is 35.5. The molecule has 8 nitrogen and oxygen atoms in total. The van der Waals surface area contributed by atoms with E-state index < -0.39 is 15.9 Å². The molecule has 0 saturated carbocycles. The molecular weight excluding hydrogens is 502 g/mol. The zero-order chi connectivity index (χ0) is 25.7. The van der Waals surface area contributed by atoms with Crippen LogP contribution in [-0.4, -0.2) is 62.2 Å². The van der Waals surface area contributed by atoms with E-state index in [9.17, 15) is 18.0 Å². The highest BCUT2D eigenvalue weighted by Gasteiger charge is 2.35. The fourth-order valence-corrected chi connectivity index (χ4v) is 6.59. The van der Waals surface area contributed by atoms with Crippen molar-refractivity contribution in [2.24, 2.45) is 5.92 Å². The molecule has 194 valence electrons. The van der Waals surface area contributed by atoms with Crippen molar-refractivity contribution < 1.29 is 22.7 Å². The largest absolute Gasteiger partial charge is 0.492 e. The van der Waals surface area contributed by atoms with Gasteiger partial charge in [-0.2, -0.15) is 4.31 Å². The molecule has 36 heavy (non-hydrogen) atoms. The molecule has 2 heterocycles. The lowest BCUT2D eigenvalue weighted by molar-refractivity contribution is -0.129. The maximum absolute atomic E-state index is 13.4. The minimum atomic E-state index is -3.89. The van der Waals surface area contributed by atoms with Gasteiger partial charge in [-0.05, 0) is 68.5 Å². The summed E-state index contributed by atoms with van der Waals surface area (Å²) < 4.78 is 33.7. The zero-order valence-corrected chi connectivity index (χ0v) is 22.0. The van der Waals surface area contributed by atoms with Gasteiger partial charge in [0.2, 0.25) is 21.8 Å². The number of carbonyl (C=O) groups excluding carboxylic acids is 2. The number of anilines is 1. The number of amides is 2. The van der Waals surface area contributed by atoms with Crippen molar-refractivity contribution in [1.82, 2.24) is 9.21 Å². The Labute approximate surface area is 217 Å². The van der Waals surface area contributed by atoms with Gasteiger partial charge in [0.1, 0.15) is 10.6 Å². The number of rotatable bonds is 8. The number of likely N-dealkylation sites (tertiary alicyclic amines) is 1. The summed E-state index contributed by atoms with van der Waals surface area (Å²) in [5.41, 5.74) is 1.51. The van der Waals surface area contributed by atoms with Crippen molar-refractivity contribution in [3.63, 3.8) is 0 Å². The fourth-order valence-electron chi connectivity index (χ4n) is 4.68. The minimum absolute atomic E-state index is 0.0111. The summed E-state index contributed by atoms with van der Waals surface area (Å²) in [6, 6.07) is 11.8. The first-order chi connectivity index (χ1) is 17.3. The summed E-state index contributed by atoms with van der Waals surface area (Å²) in [7, 11) is -3.89. The van der Waals surface area contributed by atoms with Gasteiger partial charge in [0.25, 0.3) is 0 Å². The molecule has 2 amide bonds. The Hall–Kier alpha value is -2.62. The summed E-state index contributed by atoms with van der Waals surface area (Å²) in [5.74, 6) is -0.344. The molecule has 0 bridgehead atoms. The highest BCUT2D eigenvalue weighted by Crippen LogP contribution is 2.32. The molecule has 0 spiro atoms. The molecule has 2 saturated heterocycles. The predicted octanol–water partition coefficient (Wildman–Crippen LogP) is 3.94. The smallest absolute Gasteiger partial charge is 0.246 e. The van der Waals surface area contributed by atoms with Gasteiger partial charge in [-0.15, -0.1) is 0 Å².